The molecular weight excluding hydrogens is 588 g/mol. The van der Waals surface area contributed by atoms with E-state index in [1.165, 1.54) is 38.5 Å². The highest BCUT2D eigenvalue weighted by Gasteiger charge is 2.16. The third-order valence-electron chi connectivity index (χ3n) is 7.98. The number of carbonyl (C=O) groups is 3. The molecule has 0 saturated carbocycles. The quantitative estimate of drug-likeness (QED) is 0.136. The van der Waals surface area contributed by atoms with Crippen molar-refractivity contribution < 1.29 is 14.4 Å². The van der Waals surface area contributed by atoms with E-state index in [4.69, 9.17) is 0 Å². The van der Waals surface area contributed by atoms with Crippen LogP contribution in [-0.2, 0) is 14.4 Å². The van der Waals surface area contributed by atoms with Crippen LogP contribution in [0.2, 0.25) is 0 Å². The summed E-state index contributed by atoms with van der Waals surface area (Å²) in [6.45, 7) is 45.0. The van der Waals surface area contributed by atoms with Gasteiger partial charge in [-0.25, -0.2) is 0 Å². The fourth-order valence-electron chi connectivity index (χ4n) is 4.25. The van der Waals surface area contributed by atoms with Crippen LogP contribution in [0.4, 0.5) is 0 Å². The van der Waals surface area contributed by atoms with Crippen molar-refractivity contribution >= 4 is 17.3 Å². The third kappa shape index (κ3) is 54.5. The van der Waals surface area contributed by atoms with Gasteiger partial charge in [0.25, 0.3) is 0 Å². The van der Waals surface area contributed by atoms with E-state index >= 15 is 0 Å². The molecule has 0 amide bonds. The van der Waals surface area contributed by atoms with Gasteiger partial charge in [-0.15, -0.1) is 0 Å². The molecule has 0 aromatic carbocycles. The molecule has 0 heterocycles. The van der Waals surface area contributed by atoms with Crippen molar-refractivity contribution in [3.05, 3.63) is 0 Å². The summed E-state index contributed by atoms with van der Waals surface area (Å²) in [5.74, 6) is 7.53. The molecule has 1 atom stereocenters. The first-order chi connectivity index (χ1) is 21.8. The van der Waals surface area contributed by atoms with Crippen molar-refractivity contribution in [2.75, 3.05) is 0 Å². The molecule has 0 spiro atoms. The normalized spacial score (nSPS) is 11.8. The SMILES string of the molecule is CC(C)CC(=O)C(C)C.CC(C)CCC(=O)C(C)C.CC(C)CCC(C)C.CC(C)CCC(C)C(=O)C(C)C.CC(C)CCCC(C)C. The maximum atomic E-state index is 11.5. The molecule has 1 unspecified atom stereocenters. The molecule has 48 heavy (non-hydrogen) atoms. The second-order valence-electron chi connectivity index (χ2n) is 18.3. The highest BCUT2D eigenvalue weighted by Crippen LogP contribution is 2.16. The minimum Gasteiger partial charge on any atom is -0.299 e. The van der Waals surface area contributed by atoms with Gasteiger partial charge in [-0.3, -0.25) is 14.4 Å². The minimum atomic E-state index is 0.201. The van der Waals surface area contributed by atoms with Gasteiger partial charge in [0.1, 0.15) is 17.3 Å². The van der Waals surface area contributed by atoms with Gasteiger partial charge in [-0.2, -0.15) is 0 Å². The molecule has 0 saturated heterocycles. The summed E-state index contributed by atoms with van der Waals surface area (Å²) in [5.41, 5.74) is 0. The second kappa shape index (κ2) is 35.8. The zero-order chi connectivity index (χ0) is 39.2. The first-order valence-electron chi connectivity index (χ1n) is 20.4. The number of Topliss-reactive ketones (excluding diaryl/α,β-unsaturated/α-hetero) is 3. The van der Waals surface area contributed by atoms with Crippen LogP contribution < -0.4 is 0 Å². The van der Waals surface area contributed by atoms with Gasteiger partial charge in [0, 0.05) is 36.5 Å². The van der Waals surface area contributed by atoms with Crippen molar-refractivity contribution in [3.8, 4) is 0 Å². The van der Waals surface area contributed by atoms with E-state index in [2.05, 4.69) is 96.9 Å². The Hall–Kier alpha value is -0.990. The first kappa shape index (κ1) is 56.4. The Bertz CT molecular complexity index is 692. The van der Waals surface area contributed by atoms with Crippen molar-refractivity contribution in [3.63, 3.8) is 0 Å². The van der Waals surface area contributed by atoms with Gasteiger partial charge in [0.2, 0.25) is 0 Å². The maximum absolute atomic E-state index is 11.5. The van der Waals surface area contributed by atoms with Gasteiger partial charge >= 0.3 is 0 Å². The van der Waals surface area contributed by atoms with Gasteiger partial charge in [0.15, 0.2) is 0 Å². The largest absolute Gasteiger partial charge is 0.299 e. The summed E-state index contributed by atoms with van der Waals surface area (Å²) in [5, 5.41) is 0. The van der Waals surface area contributed by atoms with Crippen LogP contribution in [0.15, 0.2) is 0 Å². The Balaban J connectivity index is -0.000000162. The first-order valence-corrected chi connectivity index (χ1v) is 20.4. The van der Waals surface area contributed by atoms with Gasteiger partial charge in [-0.1, -0.05) is 184 Å². The van der Waals surface area contributed by atoms with E-state index in [0.29, 0.717) is 35.1 Å². The summed E-state index contributed by atoms with van der Waals surface area (Å²) in [6.07, 6.45) is 11.7. The lowest BCUT2D eigenvalue weighted by atomic mass is 9.91. The fraction of sp³-hybridized carbons (Fsp3) is 0.933. The summed E-state index contributed by atoms with van der Waals surface area (Å²) >= 11 is 0. The standard InChI is InChI=1S/C11H22O.C9H18O.C9H20.C8H16O.C8H18/c1-8(2)6-7-10(5)11(12)9(3)4;1-7(2)5-6-9(10)8(3)4;1-8(2)6-5-7-9(3)4;1-6(2)5-8(9)7(3)4;1-7(2)5-6-8(3)4/h8-10H,6-7H2,1-5H3;7-8H,5-6H2,1-4H3;8-9H,5-7H2,1-4H3;6-7H,5H2,1-4H3;7-8H,5-6H2,1-4H3. The van der Waals surface area contributed by atoms with Gasteiger partial charge < -0.3 is 0 Å². The molecule has 3 heteroatoms. The van der Waals surface area contributed by atoms with Crippen LogP contribution in [0, 0.1) is 65.1 Å². The number of hydrogen-bond acceptors (Lipinski definition) is 3. The van der Waals surface area contributed by atoms with Crippen molar-refractivity contribution in [2.24, 2.45) is 65.1 Å². The molecule has 3 nitrogen and oxygen atoms in total. The summed E-state index contributed by atoms with van der Waals surface area (Å²) in [4.78, 5) is 33.5. The summed E-state index contributed by atoms with van der Waals surface area (Å²) < 4.78 is 0. The van der Waals surface area contributed by atoms with Crippen molar-refractivity contribution in [1.29, 1.82) is 0 Å². The Labute approximate surface area is 305 Å². The maximum Gasteiger partial charge on any atom is 0.138 e. The average molecular weight is 683 g/mol. The molecule has 0 rings (SSSR count). The topological polar surface area (TPSA) is 51.2 Å². The lowest BCUT2D eigenvalue weighted by molar-refractivity contribution is -0.125. The molecule has 0 bridgehead atoms. The number of carbonyl (C=O) groups excluding carboxylic acids is 3. The predicted molar refractivity (Wildman–Crippen MR) is 219 cm³/mol. The van der Waals surface area contributed by atoms with E-state index in [1.807, 2.05) is 48.5 Å². The Morgan fingerprint density at radius 3 is 0.875 bits per heavy atom. The highest BCUT2D eigenvalue weighted by atomic mass is 16.1. The molecule has 0 fully saturated rings. The molecule has 0 aliphatic rings. The third-order valence-corrected chi connectivity index (χ3v) is 7.98. The highest BCUT2D eigenvalue weighted by molar-refractivity contribution is 5.82. The van der Waals surface area contributed by atoms with Crippen molar-refractivity contribution in [2.45, 2.75) is 210 Å². The van der Waals surface area contributed by atoms with E-state index in [1.54, 1.807) is 0 Å². The second-order valence-corrected chi connectivity index (χ2v) is 18.3. The van der Waals surface area contributed by atoms with E-state index in [0.717, 1.165) is 49.4 Å². The molecule has 0 aliphatic carbocycles. The lowest BCUT2D eigenvalue weighted by Gasteiger charge is -2.13. The van der Waals surface area contributed by atoms with Crippen LogP contribution in [0.1, 0.15) is 210 Å². The van der Waals surface area contributed by atoms with Gasteiger partial charge in [0.05, 0.1) is 0 Å². The Morgan fingerprint density at radius 1 is 0.333 bits per heavy atom. The molecule has 0 aromatic rings. The molecule has 0 radical (unpaired) electrons. The molecule has 0 aromatic heterocycles. The zero-order valence-electron chi connectivity index (χ0n) is 37.1. The van der Waals surface area contributed by atoms with Crippen LogP contribution in [0.5, 0.6) is 0 Å². The van der Waals surface area contributed by atoms with Crippen LogP contribution >= 0.6 is 0 Å². The van der Waals surface area contributed by atoms with Crippen LogP contribution in [0.25, 0.3) is 0 Å². The number of rotatable bonds is 19. The monoisotopic (exact) mass is 683 g/mol. The molecule has 0 N–H and O–H groups in total. The zero-order valence-corrected chi connectivity index (χ0v) is 37.1. The van der Waals surface area contributed by atoms with E-state index < -0.39 is 0 Å². The Morgan fingerprint density at radius 2 is 0.646 bits per heavy atom. The molecular formula is C45H94O3. The predicted octanol–water partition coefficient (Wildman–Crippen LogP) is 14.7. The number of hydrogen-bond donors (Lipinski definition) is 0. The van der Waals surface area contributed by atoms with E-state index in [-0.39, 0.29) is 23.7 Å². The average Bonchev–Trinajstić information content (AvgIpc) is 2.93. The summed E-state index contributed by atoms with van der Waals surface area (Å²) in [7, 11) is 0. The number of ketones is 3. The van der Waals surface area contributed by atoms with E-state index in [9.17, 15) is 14.4 Å². The molecule has 0 aliphatic heterocycles. The lowest BCUT2D eigenvalue weighted by Crippen LogP contribution is -2.17. The fourth-order valence-corrected chi connectivity index (χ4v) is 4.25. The smallest absolute Gasteiger partial charge is 0.138 e. The minimum absolute atomic E-state index is 0.201. The Kier molecular flexibility index (Phi) is 42.1. The van der Waals surface area contributed by atoms with Crippen LogP contribution in [-0.4, -0.2) is 17.3 Å². The van der Waals surface area contributed by atoms with Crippen LogP contribution in [0.3, 0.4) is 0 Å². The van der Waals surface area contributed by atoms with Gasteiger partial charge in [-0.05, 0) is 54.3 Å². The summed E-state index contributed by atoms with van der Waals surface area (Å²) in [6, 6.07) is 0. The molecule has 292 valence electrons. The van der Waals surface area contributed by atoms with Crippen molar-refractivity contribution in [1.82, 2.24) is 0 Å².